The summed E-state index contributed by atoms with van der Waals surface area (Å²) in [6.45, 7) is 6.86. The molecule has 0 bridgehead atoms. The largest absolute Gasteiger partial charge is 0.382 e. The third-order valence-electron chi connectivity index (χ3n) is 4.81. The Morgan fingerprint density at radius 2 is 1.96 bits per heavy atom. The van der Waals surface area contributed by atoms with E-state index in [2.05, 4.69) is 58.3 Å². The van der Waals surface area contributed by atoms with Crippen LogP contribution in [0, 0.1) is 5.92 Å². The first kappa shape index (κ1) is 17.4. The number of amides is 1. The fraction of sp³-hybridized carbons (Fsp3) is 0.421. The highest BCUT2D eigenvalue weighted by atomic mass is 16.1. The Kier molecular flexibility index (Phi) is 5.28. The van der Waals surface area contributed by atoms with Crippen molar-refractivity contribution < 1.29 is 4.79 Å². The molecule has 3 N–H and O–H groups in total. The molecule has 0 fully saturated rings. The number of nitrogens with one attached hydrogen (secondary N) is 1. The molecule has 0 radical (unpaired) electrons. The van der Waals surface area contributed by atoms with Crippen LogP contribution in [0.3, 0.4) is 0 Å². The van der Waals surface area contributed by atoms with Gasteiger partial charge in [0.05, 0.1) is 0 Å². The first-order valence-electron chi connectivity index (χ1n) is 8.71. The Labute approximate surface area is 148 Å². The topological polar surface area (TPSA) is 84.1 Å². The number of nitrogen functional groups attached to an aromatic ring is 1. The van der Waals surface area contributed by atoms with Crippen molar-refractivity contribution in [2.24, 2.45) is 5.92 Å². The van der Waals surface area contributed by atoms with E-state index in [1.807, 2.05) is 0 Å². The molecule has 0 saturated carbocycles. The molecule has 0 aliphatic carbocycles. The maximum Gasteiger partial charge on any atom is 0.273 e. The summed E-state index contributed by atoms with van der Waals surface area (Å²) in [4.78, 5) is 22.8. The fourth-order valence-corrected chi connectivity index (χ4v) is 3.39. The van der Waals surface area contributed by atoms with Crippen molar-refractivity contribution in [3.8, 4) is 0 Å². The van der Waals surface area contributed by atoms with Gasteiger partial charge in [0, 0.05) is 38.1 Å². The second-order valence-corrected chi connectivity index (χ2v) is 6.80. The zero-order chi connectivity index (χ0) is 17.8. The van der Waals surface area contributed by atoms with Gasteiger partial charge in [0.15, 0.2) is 11.5 Å². The quantitative estimate of drug-likeness (QED) is 0.869. The molecule has 2 aromatic rings. The van der Waals surface area contributed by atoms with E-state index in [9.17, 15) is 4.79 Å². The van der Waals surface area contributed by atoms with Gasteiger partial charge in [-0.15, -0.1) is 0 Å². The van der Waals surface area contributed by atoms with Crippen molar-refractivity contribution in [3.63, 3.8) is 0 Å². The third kappa shape index (κ3) is 3.96. The minimum atomic E-state index is -0.270. The van der Waals surface area contributed by atoms with Gasteiger partial charge in [0.2, 0.25) is 0 Å². The first-order valence-corrected chi connectivity index (χ1v) is 8.71. The minimum Gasteiger partial charge on any atom is -0.382 e. The molecule has 6 heteroatoms. The Morgan fingerprint density at radius 3 is 2.68 bits per heavy atom. The van der Waals surface area contributed by atoms with Gasteiger partial charge >= 0.3 is 0 Å². The zero-order valence-electron chi connectivity index (χ0n) is 14.8. The van der Waals surface area contributed by atoms with Crippen molar-refractivity contribution >= 4 is 11.7 Å². The highest BCUT2D eigenvalue weighted by molar-refractivity contribution is 5.96. The maximum absolute atomic E-state index is 12.4. The van der Waals surface area contributed by atoms with Gasteiger partial charge in [-0.3, -0.25) is 9.69 Å². The molecule has 1 atom stereocenters. The van der Waals surface area contributed by atoms with Crippen LogP contribution in [0.4, 0.5) is 5.82 Å². The summed E-state index contributed by atoms with van der Waals surface area (Å²) in [6, 6.07) is 8.84. The lowest BCUT2D eigenvalue weighted by molar-refractivity contribution is 0.0900. The van der Waals surface area contributed by atoms with Crippen molar-refractivity contribution in [1.82, 2.24) is 20.2 Å². The first-order chi connectivity index (χ1) is 12.1. The van der Waals surface area contributed by atoms with Gasteiger partial charge in [-0.1, -0.05) is 38.1 Å². The Bertz CT molecular complexity index is 746. The van der Waals surface area contributed by atoms with Gasteiger partial charge in [-0.05, 0) is 23.5 Å². The standard InChI is InChI=1S/C19H25N5O/c1-13(2)16(11-23-19(25)17-18(20)22-9-8-21-17)24-10-7-14-5-3-4-6-15(14)12-24/h3-6,8-9,13,16H,7,10-12H2,1-2H3,(H2,20,22)(H,23,25). The van der Waals surface area contributed by atoms with Crippen LogP contribution >= 0.6 is 0 Å². The predicted octanol–water partition coefficient (Wildman–Crippen LogP) is 1.87. The van der Waals surface area contributed by atoms with Gasteiger partial charge in [0.25, 0.3) is 5.91 Å². The summed E-state index contributed by atoms with van der Waals surface area (Å²) >= 11 is 0. The average Bonchev–Trinajstić information content (AvgIpc) is 2.61. The van der Waals surface area contributed by atoms with E-state index in [0.29, 0.717) is 12.5 Å². The van der Waals surface area contributed by atoms with E-state index in [1.165, 1.54) is 23.5 Å². The summed E-state index contributed by atoms with van der Waals surface area (Å²) in [5, 5.41) is 2.98. The number of aromatic nitrogens is 2. The third-order valence-corrected chi connectivity index (χ3v) is 4.81. The molecule has 1 aliphatic rings. The number of nitrogens with zero attached hydrogens (tertiary/aromatic N) is 3. The van der Waals surface area contributed by atoms with Crippen molar-refractivity contribution in [2.75, 3.05) is 18.8 Å². The monoisotopic (exact) mass is 339 g/mol. The van der Waals surface area contributed by atoms with E-state index in [1.54, 1.807) is 0 Å². The molecule has 3 rings (SSSR count). The Balaban J connectivity index is 1.66. The van der Waals surface area contributed by atoms with E-state index >= 15 is 0 Å². The molecule has 1 unspecified atom stereocenters. The fourth-order valence-electron chi connectivity index (χ4n) is 3.39. The molecule has 0 spiro atoms. The summed E-state index contributed by atoms with van der Waals surface area (Å²) in [5.74, 6) is 0.312. The van der Waals surface area contributed by atoms with Crippen LogP contribution in [-0.4, -0.2) is 39.9 Å². The number of hydrogen-bond donors (Lipinski definition) is 2. The van der Waals surface area contributed by atoms with E-state index in [0.717, 1.165) is 19.5 Å². The van der Waals surface area contributed by atoms with Gasteiger partial charge in [-0.25, -0.2) is 9.97 Å². The molecular formula is C19H25N5O. The lowest BCUT2D eigenvalue weighted by Crippen LogP contribution is -2.48. The number of hydrogen-bond acceptors (Lipinski definition) is 5. The lowest BCUT2D eigenvalue weighted by Gasteiger charge is -2.38. The Morgan fingerprint density at radius 1 is 1.24 bits per heavy atom. The molecule has 1 amide bonds. The summed E-state index contributed by atoms with van der Waals surface area (Å²) in [7, 11) is 0. The number of nitrogens with two attached hydrogens (primary N) is 1. The minimum absolute atomic E-state index is 0.160. The molecule has 1 aliphatic heterocycles. The smallest absolute Gasteiger partial charge is 0.273 e. The number of benzene rings is 1. The van der Waals surface area contributed by atoms with E-state index < -0.39 is 0 Å². The molecular weight excluding hydrogens is 314 g/mol. The highest BCUT2D eigenvalue weighted by Crippen LogP contribution is 2.22. The van der Waals surface area contributed by atoms with Gasteiger partial charge in [0.1, 0.15) is 0 Å². The number of fused-ring (bicyclic) bond motifs is 1. The molecule has 132 valence electrons. The predicted molar refractivity (Wildman–Crippen MR) is 98.0 cm³/mol. The molecule has 1 aromatic heterocycles. The second kappa shape index (κ2) is 7.61. The number of carbonyl (C=O) groups is 1. The molecule has 1 aromatic carbocycles. The van der Waals surface area contributed by atoms with Crippen LogP contribution < -0.4 is 11.1 Å². The Hall–Kier alpha value is -2.47. The maximum atomic E-state index is 12.4. The molecule has 25 heavy (non-hydrogen) atoms. The molecule has 2 heterocycles. The van der Waals surface area contributed by atoms with Crippen LogP contribution in [-0.2, 0) is 13.0 Å². The number of anilines is 1. The van der Waals surface area contributed by atoms with Crippen LogP contribution in [0.2, 0.25) is 0 Å². The average molecular weight is 339 g/mol. The van der Waals surface area contributed by atoms with Crippen LogP contribution in [0.15, 0.2) is 36.7 Å². The summed E-state index contributed by atoms with van der Waals surface area (Å²) in [5.41, 5.74) is 8.73. The van der Waals surface area contributed by atoms with Crippen LogP contribution in [0.25, 0.3) is 0 Å². The normalized spacial score (nSPS) is 15.6. The SMILES string of the molecule is CC(C)C(CNC(=O)c1nccnc1N)N1CCc2ccccc2C1. The number of carbonyl (C=O) groups excluding carboxylic acids is 1. The van der Waals surface area contributed by atoms with Gasteiger partial charge < -0.3 is 11.1 Å². The highest BCUT2D eigenvalue weighted by Gasteiger charge is 2.26. The van der Waals surface area contributed by atoms with Crippen LogP contribution in [0.1, 0.15) is 35.5 Å². The van der Waals surface area contributed by atoms with Crippen molar-refractivity contribution in [1.29, 1.82) is 0 Å². The second-order valence-electron chi connectivity index (χ2n) is 6.80. The summed E-state index contributed by atoms with van der Waals surface area (Å²) < 4.78 is 0. The van der Waals surface area contributed by atoms with E-state index in [4.69, 9.17) is 5.73 Å². The van der Waals surface area contributed by atoms with Crippen molar-refractivity contribution in [3.05, 3.63) is 53.5 Å². The van der Waals surface area contributed by atoms with E-state index in [-0.39, 0.29) is 23.5 Å². The van der Waals surface area contributed by atoms with Crippen LogP contribution in [0.5, 0.6) is 0 Å². The summed E-state index contributed by atoms with van der Waals surface area (Å²) in [6.07, 6.45) is 4.01. The van der Waals surface area contributed by atoms with Crippen molar-refractivity contribution in [2.45, 2.75) is 32.9 Å². The van der Waals surface area contributed by atoms with Gasteiger partial charge in [-0.2, -0.15) is 0 Å². The molecule has 6 nitrogen and oxygen atoms in total. The zero-order valence-corrected chi connectivity index (χ0v) is 14.8. The molecule has 0 saturated heterocycles. The number of rotatable bonds is 5. The lowest BCUT2D eigenvalue weighted by atomic mass is 9.95.